The summed E-state index contributed by atoms with van der Waals surface area (Å²) in [5.74, 6) is -0.527. The molecule has 1 heterocycles. The van der Waals surface area contributed by atoms with Crippen molar-refractivity contribution in [2.75, 3.05) is 10.7 Å². The molecule has 2 aromatic rings. The van der Waals surface area contributed by atoms with Crippen molar-refractivity contribution < 1.29 is 9.18 Å². The van der Waals surface area contributed by atoms with Crippen molar-refractivity contribution in [1.29, 1.82) is 0 Å². The monoisotopic (exact) mass is 295 g/mol. The van der Waals surface area contributed by atoms with Crippen molar-refractivity contribution in [2.24, 2.45) is 5.10 Å². The second-order valence-corrected chi connectivity index (χ2v) is 5.00. The number of anilines is 2. The minimum absolute atomic E-state index is 0.216. The van der Waals surface area contributed by atoms with Gasteiger partial charge in [0.25, 0.3) is 5.91 Å². The minimum atomic E-state index is -0.311. The predicted molar refractivity (Wildman–Crippen MR) is 85.8 cm³/mol. The lowest BCUT2D eigenvalue weighted by Crippen LogP contribution is -2.21. The Morgan fingerprint density at radius 2 is 1.73 bits per heavy atom. The number of nitrogen functional groups attached to an aromatic ring is 1. The van der Waals surface area contributed by atoms with Crippen LogP contribution in [0.5, 0.6) is 0 Å². The quantitative estimate of drug-likeness (QED) is 0.683. The first-order chi connectivity index (χ1) is 10.5. The highest BCUT2D eigenvalue weighted by Crippen LogP contribution is 2.25. The highest BCUT2D eigenvalue weighted by atomic mass is 19.1. The second-order valence-electron chi connectivity index (χ2n) is 5.00. The van der Waals surface area contributed by atoms with Crippen LogP contribution in [0, 0.1) is 5.82 Å². The highest BCUT2D eigenvalue weighted by Gasteiger charge is 2.28. The summed E-state index contributed by atoms with van der Waals surface area (Å²) in [6.45, 7) is 1.77. The van der Waals surface area contributed by atoms with E-state index in [0.717, 1.165) is 5.56 Å². The number of nitrogens with two attached hydrogens (primary N) is 1. The molecule has 0 aromatic heterocycles. The summed E-state index contributed by atoms with van der Waals surface area (Å²) in [5, 5.41) is 5.62. The smallest absolute Gasteiger partial charge is 0.280 e. The van der Waals surface area contributed by atoms with E-state index in [4.69, 9.17) is 5.73 Å². The number of carbonyl (C=O) groups excluding carboxylic acids is 1. The number of benzene rings is 2. The molecule has 22 heavy (non-hydrogen) atoms. The fourth-order valence-electron chi connectivity index (χ4n) is 2.20. The van der Waals surface area contributed by atoms with Crippen LogP contribution in [0.1, 0.15) is 12.5 Å². The van der Waals surface area contributed by atoms with Gasteiger partial charge >= 0.3 is 0 Å². The number of carbonyl (C=O) groups is 1. The van der Waals surface area contributed by atoms with Crippen LogP contribution in [-0.2, 0) is 4.79 Å². The van der Waals surface area contributed by atoms with Gasteiger partial charge in [-0.1, -0.05) is 12.1 Å². The molecule has 2 aromatic carbocycles. The van der Waals surface area contributed by atoms with Gasteiger partial charge < -0.3 is 5.73 Å². The molecule has 0 radical (unpaired) electrons. The molecule has 1 aliphatic heterocycles. The Labute approximate surface area is 127 Å². The van der Waals surface area contributed by atoms with Gasteiger partial charge in [0.1, 0.15) is 5.82 Å². The van der Waals surface area contributed by atoms with E-state index in [0.29, 0.717) is 22.7 Å². The zero-order valence-electron chi connectivity index (χ0n) is 12.0. The van der Waals surface area contributed by atoms with Gasteiger partial charge in [0, 0.05) is 5.69 Å². The molecular weight excluding hydrogens is 281 g/mol. The maximum absolute atomic E-state index is 12.9. The highest BCUT2D eigenvalue weighted by molar-refractivity contribution is 6.32. The molecule has 0 atom stereocenters. The third-order valence-electron chi connectivity index (χ3n) is 3.38. The van der Waals surface area contributed by atoms with E-state index in [9.17, 15) is 9.18 Å². The SMILES string of the molecule is CC1=NN(c2ccc(N)cc2)C(=O)/C1=C\c1ccc(F)cc1. The minimum Gasteiger partial charge on any atom is -0.399 e. The van der Waals surface area contributed by atoms with Crippen LogP contribution in [0.3, 0.4) is 0 Å². The molecule has 110 valence electrons. The molecule has 1 aliphatic rings. The van der Waals surface area contributed by atoms with Gasteiger partial charge in [0.2, 0.25) is 0 Å². The molecule has 0 spiro atoms. The maximum atomic E-state index is 12.9. The number of amides is 1. The molecule has 5 heteroatoms. The van der Waals surface area contributed by atoms with Crippen LogP contribution in [0.15, 0.2) is 59.2 Å². The third-order valence-corrected chi connectivity index (χ3v) is 3.38. The Morgan fingerprint density at radius 1 is 1.09 bits per heavy atom. The summed E-state index contributed by atoms with van der Waals surface area (Å²) in [7, 11) is 0. The van der Waals surface area contributed by atoms with Gasteiger partial charge in [0.15, 0.2) is 0 Å². The van der Waals surface area contributed by atoms with Crippen LogP contribution in [0.2, 0.25) is 0 Å². The van der Waals surface area contributed by atoms with Crippen molar-refractivity contribution in [2.45, 2.75) is 6.92 Å². The molecule has 3 rings (SSSR count). The van der Waals surface area contributed by atoms with E-state index in [1.54, 1.807) is 49.4 Å². The van der Waals surface area contributed by atoms with E-state index in [1.165, 1.54) is 17.1 Å². The number of hydrazone groups is 1. The van der Waals surface area contributed by atoms with E-state index in [1.807, 2.05) is 0 Å². The average molecular weight is 295 g/mol. The lowest BCUT2D eigenvalue weighted by molar-refractivity contribution is -0.114. The van der Waals surface area contributed by atoms with E-state index in [-0.39, 0.29) is 11.7 Å². The normalized spacial score (nSPS) is 16.3. The molecular formula is C17H14FN3O. The number of nitrogens with zero attached hydrogens (tertiary/aromatic N) is 2. The van der Waals surface area contributed by atoms with Crippen molar-refractivity contribution in [3.8, 4) is 0 Å². The fraction of sp³-hybridized carbons (Fsp3) is 0.0588. The molecule has 0 bridgehead atoms. The summed E-state index contributed by atoms with van der Waals surface area (Å²) in [6.07, 6.45) is 1.71. The number of hydrogen-bond acceptors (Lipinski definition) is 3. The lowest BCUT2D eigenvalue weighted by Gasteiger charge is -2.11. The Bertz CT molecular complexity index is 777. The zero-order valence-corrected chi connectivity index (χ0v) is 12.0. The molecule has 1 amide bonds. The van der Waals surface area contributed by atoms with Crippen LogP contribution in [0.25, 0.3) is 6.08 Å². The first-order valence-corrected chi connectivity index (χ1v) is 6.77. The molecule has 0 fully saturated rings. The molecule has 0 saturated carbocycles. The number of hydrogen-bond donors (Lipinski definition) is 1. The Kier molecular flexibility index (Phi) is 3.47. The van der Waals surface area contributed by atoms with Gasteiger partial charge in [-0.15, -0.1) is 0 Å². The summed E-state index contributed by atoms with van der Waals surface area (Å²) >= 11 is 0. The summed E-state index contributed by atoms with van der Waals surface area (Å²) in [5.41, 5.74) is 8.78. The Hall–Kier alpha value is -2.95. The predicted octanol–water partition coefficient (Wildman–Crippen LogP) is 3.21. The maximum Gasteiger partial charge on any atom is 0.280 e. The van der Waals surface area contributed by atoms with Crippen molar-refractivity contribution >= 4 is 29.1 Å². The molecule has 4 nitrogen and oxygen atoms in total. The lowest BCUT2D eigenvalue weighted by atomic mass is 10.1. The van der Waals surface area contributed by atoms with Gasteiger partial charge in [0.05, 0.1) is 17.0 Å². The van der Waals surface area contributed by atoms with E-state index < -0.39 is 0 Å². The average Bonchev–Trinajstić information content (AvgIpc) is 2.78. The van der Waals surface area contributed by atoms with Crippen molar-refractivity contribution in [1.82, 2.24) is 0 Å². The van der Waals surface area contributed by atoms with Crippen LogP contribution in [-0.4, -0.2) is 11.6 Å². The van der Waals surface area contributed by atoms with Gasteiger partial charge in [-0.25, -0.2) is 4.39 Å². The molecule has 0 aliphatic carbocycles. The van der Waals surface area contributed by atoms with E-state index >= 15 is 0 Å². The second kappa shape index (κ2) is 5.44. The largest absolute Gasteiger partial charge is 0.399 e. The first-order valence-electron chi connectivity index (χ1n) is 6.77. The number of rotatable bonds is 2. The fourth-order valence-corrected chi connectivity index (χ4v) is 2.20. The molecule has 0 unspecified atom stereocenters. The third kappa shape index (κ3) is 2.61. The van der Waals surface area contributed by atoms with Gasteiger partial charge in [-0.05, 0) is 55.0 Å². The van der Waals surface area contributed by atoms with Crippen molar-refractivity contribution in [3.05, 3.63) is 65.5 Å². The zero-order chi connectivity index (χ0) is 15.7. The van der Waals surface area contributed by atoms with Gasteiger partial charge in [-0.3, -0.25) is 4.79 Å². The molecule has 2 N–H and O–H groups in total. The Morgan fingerprint density at radius 3 is 2.36 bits per heavy atom. The van der Waals surface area contributed by atoms with Crippen molar-refractivity contribution in [3.63, 3.8) is 0 Å². The topological polar surface area (TPSA) is 58.7 Å². The van der Waals surface area contributed by atoms with Gasteiger partial charge in [-0.2, -0.15) is 10.1 Å². The summed E-state index contributed by atoms with van der Waals surface area (Å²) in [4.78, 5) is 12.5. The number of halogens is 1. The summed E-state index contributed by atoms with van der Waals surface area (Å²) < 4.78 is 12.9. The van der Waals surface area contributed by atoms with E-state index in [2.05, 4.69) is 5.10 Å². The van der Waals surface area contributed by atoms with Crippen LogP contribution < -0.4 is 10.7 Å². The van der Waals surface area contributed by atoms with Crippen LogP contribution in [0.4, 0.5) is 15.8 Å². The Balaban J connectivity index is 1.92. The van der Waals surface area contributed by atoms with Crippen LogP contribution >= 0.6 is 0 Å². The molecule has 0 saturated heterocycles. The first kappa shape index (κ1) is 14.0. The summed E-state index contributed by atoms with van der Waals surface area (Å²) in [6, 6.07) is 12.9. The standard InChI is InChI=1S/C17H14FN3O/c1-11-16(10-12-2-4-13(18)5-3-12)17(22)21(20-11)15-8-6-14(19)7-9-15/h2-10H,19H2,1H3/b16-10-.